The number of ketones is 1. The van der Waals surface area contributed by atoms with E-state index in [1.54, 1.807) is 36.4 Å². The lowest BCUT2D eigenvalue weighted by Crippen LogP contribution is -2.11. The van der Waals surface area contributed by atoms with Crippen LogP contribution in [0.3, 0.4) is 0 Å². The summed E-state index contributed by atoms with van der Waals surface area (Å²) in [6, 6.07) is 13.9. The zero-order valence-electron chi connectivity index (χ0n) is 15.0. The molecule has 6 nitrogen and oxygen atoms in total. The summed E-state index contributed by atoms with van der Waals surface area (Å²) in [5.41, 5.74) is 5.28. The minimum Gasteiger partial charge on any atom is -0.310 e. The molecule has 0 aliphatic carbocycles. The summed E-state index contributed by atoms with van der Waals surface area (Å²) in [6.07, 6.45) is 0.473. The Bertz CT molecular complexity index is 1230. The average molecular weight is 391 g/mol. The molecule has 4 aromatic rings. The number of thiophene rings is 1. The lowest BCUT2D eigenvalue weighted by molar-refractivity contribution is 0.103. The van der Waals surface area contributed by atoms with Gasteiger partial charge in [-0.1, -0.05) is 36.4 Å². The minimum atomic E-state index is -0.134. The summed E-state index contributed by atoms with van der Waals surface area (Å²) in [5, 5.41) is 11.6. The fraction of sp³-hybridized carbons (Fsp3) is 0.0952. The summed E-state index contributed by atoms with van der Waals surface area (Å²) < 4.78 is 0. The molecule has 0 aliphatic heterocycles. The van der Waals surface area contributed by atoms with Crippen molar-refractivity contribution >= 4 is 33.0 Å². The molecule has 0 aliphatic rings. The number of benzene rings is 2. The largest absolute Gasteiger partial charge is 0.310 e. The van der Waals surface area contributed by atoms with Crippen LogP contribution in [0.15, 0.2) is 58.7 Å². The third-order valence-electron chi connectivity index (χ3n) is 4.52. The molecule has 0 bridgehead atoms. The van der Waals surface area contributed by atoms with Crippen molar-refractivity contribution in [1.29, 1.82) is 0 Å². The van der Waals surface area contributed by atoms with E-state index < -0.39 is 0 Å². The lowest BCUT2D eigenvalue weighted by atomic mass is 10.0. The Morgan fingerprint density at radius 2 is 1.96 bits per heavy atom. The molecule has 2 heterocycles. The number of nitrogens with one attached hydrogen (secondary N) is 2. The molecule has 7 heteroatoms. The maximum absolute atomic E-state index is 12.6. The second kappa shape index (κ2) is 7.38. The van der Waals surface area contributed by atoms with Crippen molar-refractivity contribution in [1.82, 2.24) is 9.97 Å². The van der Waals surface area contributed by atoms with Gasteiger partial charge in [-0.05, 0) is 35.6 Å². The van der Waals surface area contributed by atoms with Crippen LogP contribution in [0.25, 0.3) is 10.2 Å². The number of aromatic nitrogens is 2. The van der Waals surface area contributed by atoms with Gasteiger partial charge in [0, 0.05) is 17.5 Å². The highest BCUT2D eigenvalue weighted by molar-refractivity contribution is 7.16. The molecule has 140 valence electrons. The van der Waals surface area contributed by atoms with Crippen molar-refractivity contribution in [3.63, 3.8) is 0 Å². The second-order valence-electron chi connectivity index (χ2n) is 6.51. The van der Waals surface area contributed by atoms with E-state index in [1.807, 2.05) is 29.9 Å². The van der Waals surface area contributed by atoms with E-state index >= 15 is 0 Å². The van der Waals surface area contributed by atoms with Gasteiger partial charge in [-0.15, -0.1) is 11.3 Å². The smallest absolute Gasteiger partial charge is 0.259 e. The molecule has 0 atom stereocenters. The van der Waals surface area contributed by atoms with Gasteiger partial charge in [-0.25, -0.2) is 4.98 Å². The predicted octanol–water partition coefficient (Wildman–Crippen LogP) is 3.92. The number of nitrogens with zero attached hydrogens (tertiary/aromatic N) is 1. The molecule has 3 N–H and O–H groups in total. The molecule has 2 aromatic carbocycles. The molecule has 4 rings (SSSR count). The van der Waals surface area contributed by atoms with E-state index in [-0.39, 0.29) is 11.3 Å². The minimum absolute atomic E-state index is 0.122. The standard InChI is InChI=1S/C21H17N3O3S/c1-12-11-28-21-18(12)20(26)22-17(23-21)9-13-5-7-14(8-6-13)19(25)15-3-2-4-16(10-15)24-27/h2-8,10-11,24,27H,9H2,1H3,(H,22,23,26). The normalized spacial score (nSPS) is 10.9. The zero-order valence-corrected chi connectivity index (χ0v) is 15.8. The molecule has 0 saturated carbocycles. The van der Waals surface area contributed by atoms with Gasteiger partial charge in [0.2, 0.25) is 0 Å². The maximum Gasteiger partial charge on any atom is 0.259 e. The maximum atomic E-state index is 12.6. The Balaban J connectivity index is 1.56. The van der Waals surface area contributed by atoms with Crippen molar-refractivity contribution in [2.45, 2.75) is 13.3 Å². The van der Waals surface area contributed by atoms with Gasteiger partial charge in [-0.3, -0.25) is 20.3 Å². The van der Waals surface area contributed by atoms with Crippen molar-refractivity contribution in [2.75, 3.05) is 5.48 Å². The summed E-state index contributed by atoms with van der Waals surface area (Å²) in [5.74, 6) is 0.464. The first kappa shape index (κ1) is 18.1. The van der Waals surface area contributed by atoms with E-state index in [4.69, 9.17) is 5.21 Å². The first-order chi connectivity index (χ1) is 13.5. The number of anilines is 1. The number of carbonyl (C=O) groups is 1. The molecule has 28 heavy (non-hydrogen) atoms. The van der Waals surface area contributed by atoms with Gasteiger partial charge in [0.1, 0.15) is 10.7 Å². The molecule has 2 aromatic heterocycles. The van der Waals surface area contributed by atoms with Gasteiger partial charge in [0.25, 0.3) is 5.56 Å². The molecule has 0 spiro atoms. The van der Waals surface area contributed by atoms with Crippen LogP contribution in [-0.2, 0) is 6.42 Å². The number of aromatic amines is 1. The number of hydrogen-bond acceptors (Lipinski definition) is 6. The van der Waals surface area contributed by atoms with E-state index in [2.05, 4.69) is 9.97 Å². The number of aryl methyl sites for hydroxylation is 1. The number of carbonyl (C=O) groups excluding carboxylic acids is 1. The molecule has 0 unspecified atom stereocenters. The summed E-state index contributed by atoms with van der Waals surface area (Å²) in [7, 11) is 0. The number of H-pyrrole nitrogens is 1. The van der Waals surface area contributed by atoms with E-state index in [0.717, 1.165) is 16.0 Å². The predicted molar refractivity (Wildman–Crippen MR) is 110 cm³/mol. The third kappa shape index (κ3) is 3.45. The SMILES string of the molecule is Cc1csc2nc(Cc3ccc(C(=O)c4cccc(NO)c4)cc3)[nH]c(=O)c12. The quantitative estimate of drug-likeness (QED) is 0.354. The van der Waals surface area contributed by atoms with E-state index in [1.165, 1.54) is 11.3 Å². The van der Waals surface area contributed by atoms with Crippen LogP contribution in [0.1, 0.15) is 32.9 Å². The van der Waals surface area contributed by atoms with Crippen molar-refractivity contribution < 1.29 is 10.0 Å². The highest BCUT2D eigenvalue weighted by Gasteiger charge is 2.11. The molecule has 0 amide bonds. The highest BCUT2D eigenvalue weighted by atomic mass is 32.1. The third-order valence-corrected chi connectivity index (χ3v) is 5.51. The van der Waals surface area contributed by atoms with Crippen LogP contribution in [0.4, 0.5) is 5.69 Å². The van der Waals surface area contributed by atoms with Gasteiger partial charge in [0.05, 0.1) is 11.1 Å². The monoisotopic (exact) mass is 391 g/mol. The number of rotatable bonds is 5. The number of fused-ring (bicyclic) bond motifs is 1. The van der Waals surface area contributed by atoms with Crippen LogP contribution in [-0.4, -0.2) is 21.0 Å². The van der Waals surface area contributed by atoms with Gasteiger partial charge >= 0.3 is 0 Å². The molecule has 0 saturated heterocycles. The molecule has 0 fully saturated rings. The van der Waals surface area contributed by atoms with Gasteiger partial charge in [-0.2, -0.15) is 0 Å². The van der Waals surface area contributed by atoms with E-state index in [0.29, 0.717) is 34.4 Å². The van der Waals surface area contributed by atoms with Gasteiger partial charge < -0.3 is 4.98 Å². The van der Waals surface area contributed by atoms with Gasteiger partial charge in [0.15, 0.2) is 5.78 Å². The average Bonchev–Trinajstić information content (AvgIpc) is 3.09. The summed E-state index contributed by atoms with van der Waals surface area (Å²) in [6.45, 7) is 1.90. The Kier molecular flexibility index (Phi) is 4.77. The first-order valence-electron chi connectivity index (χ1n) is 8.66. The van der Waals surface area contributed by atoms with Crippen molar-refractivity contribution in [3.8, 4) is 0 Å². The van der Waals surface area contributed by atoms with Crippen molar-refractivity contribution in [3.05, 3.63) is 92.3 Å². The van der Waals surface area contributed by atoms with Crippen LogP contribution >= 0.6 is 11.3 Å². The van der Waals surface area contributed by atoms with Crippen LogP contribution in [0.5, 0.6) is 0 Å². The zero-order chi connectivity index (χ0) is 19.7. The Morgan fingerprint density at radius 1 is 1.18 bits per heavy atom. The fourth-order valence-electron chi connectivity index (χ4n) is 3.08. The first-order valence-corrected chi connectivity index (χ1v) is 9.54. The molecular weight excluding hydrogens is 374 g/mol. The molecule has 0 radical (unpaired) electrons. The Hall–Kier alpha value is -3.29. The van der Waals surface area contributed by atoms with Crippen LogP contribution in [0, 0.1) is 6.92 Å². The topological polar surface area (TPSA) is 95.1 Å². The Morgan fingerprint density at radius 3 is 2.71 bits per heavy atom. The lowest BCUT2D eigenvalue weighted by Gasteiger charge is -2.06. The Labute approximate surface area is 164 Å². The van der Waals surface area contributed by atoms with Crippen molar-refractivity contribution in [2.24, 2.45) is 0 Å². The van der Waals surface area contributed by atoms with Crippen LogP contribution < -0.4 is 11.0 Å². The fourth-order valence-corrected chi connectivity index (χ4v) is 4.02. The molecular formula is C21H17N3O3S. The van der Waals surface area contributed by atoms with E-state index in [9.17, 15) is 9.59 Å². The number of hydrogen-bond donors (Lipinski definition) is 3. The summed E-state index contributed by atoms with van der Waals surface area (Å²) in [4.78, 5) is 33.0. The second-order valence-corrected chi connectivity index (χ2v) is 7.37. The van der Waals surface area contributed by atoms with Crippen LogP contribution in [0.2, 0.25) is 0 Å². The summed E-state index contributed by atoms with van der Waals surface area (Å²) >= 11 is 1.46. The highest BCUT2D eigenvalue weighted by Crippen LogP contribution is 2.21.